The molecule has 0 saturated heterocycles. The lowest BCUT2D eigenvalue weighted by Crippen LogP contribution is -1.90. The largest absolute Gasteiger partial charge is 0.507 e. The maximum atomic E-state index is 10.1. The second-order valence-corrected chi connectivity index (χ2v) is 5.26. The van der Waals surface area contributed by atoms with Gasteiger partial charge in [-0.05, 0) is 35.2 Å². The Morgan fingerprint density at radius 1 is 0.682 bits per heavy atom. The van der Waals surface area contributed by atoms with Crippen molar-refractivity contribution in [2.24, 2.45) is 0 Å². The van der Waals surface area contributed by atoms with E-state index >= 15 is 0 Å². The molecule has 0 spiro atoms. The molecule has 22 heavy (non-hydrogen) atoms. The van der Waals surface area contributed by atoms with Crippen LogP contribution in [0.3, 0.4) is 0 Å². The van der Waals surface area contributed by atoms with E-state index in [1.807, 2.05) is 48.5 Å². The first-order valence-electron chi connectivity index (χ1n) is 7.40. The highest BCUT2D eigenvalue weighted by molar-refractivity contribution is 5.78. The Morgan fingerprint density at radius 2 is 1.27 bits per heavy atom. The first kappa shape index (κ1) is 14.2. The fraction of sp³-hybridized carbons (Fsp3) is 0.100. The minimum Gasteiger partial charge on any atom is -0.507 e. The molecule has 3 aromatic rings. The highest BCUT2D eigenvalue weighted by Crippen LogP contribution is 2.36. The van der Waals surface area contributed by atoms with Gasteiger partial charge in [-0.3, -0.25) is 0 Å². The van der Waals surface area contributed by atoms with Crippen molar-refractivity contribution in [1.82, 2.24) is 0 Å². The highest BCUT2D eigenvalue weighted by atomic mass is 16.3. The average Bonchev–Trinajstić information content (AvgIpc) is 2.55. The van der Waals surface area contributed by atoms with E-state index < -0.39 is 0 Å². The second-order valence-electron chi connectivity index (χ2n) is 5.26. The molecule has 2 nitrogen and oxygen atoms in total. The van der Waals surface area contributed by atoms with Gasteiger partial charge in [0.25, 0.3) is 0 Å². The summed E-state index contributed by atoms with van der Waals surface area (Å²) in [6, 6.07) is 20.8. The summed E-state index contributed by atoms with van der Waals surface area (Å²) in [5, 5.41) is 20.1. The quantitative estimate of drug-likeness (QED) is 0.713. The standard InChI is InChI=1S/C20H18O2/c1-2-14-13-15(17-7-3-5-9-19(17)21)11-12-16(14)18-8-4-6-10-20(18)22/h3-13,21-22H,2H2,1H3. The van der Waals surface area contributed by atoms with Crippen LogP contribution in [0.2, 0.25) is 0 Å². The number of rotatable bonds is 3. The van der Waals surface area contributed by atoms with Crippen molar-refractivity contribution >= 4 is 0 Å². The average molecular weight is 290 g/mol. The molecule has 3 rings (SSSR count). The molecule has 2 N–H and O–H groups in total. The van der Waals surface area contributed by atoms with Gasteiger partial charge in [-0.1, -0.05) is 61.5 Å². The van der Waals surface area contributed by atoms with Crippen molar-refractivity contribution in [3.8, 4) is 33.8 Å². The number of aryl methyl sites for hydroxylation is 1. The molecule has 0 heterocycles. The van der Waals surface area contributed by atoms with Crippen LogP contribution in [-0.2, 0) is 6.42 Å². The van der Waals surface area contributed by atoms with E-state index in [9.17, 15) is 10.2 Å². The van der Waals surface area contributed by atoms with Gasteiger partial charge in [-0.15, -0.1) is 0 Å². The van der Waals surface area contributed by atoms with Gasteiger partial charge in [0, 0.05) is 11.1 Å². The smallest absolute Gasteiger partial charge is 0.123 e. The first-order valence-corrected chi connectivity index (χ1v) is 7.40. The van der Waals surface area contributed by atoms with E-state index in [4.69, 9.17) is 0 Å². The summed E-state index contributed by atoms with van der Waals surface area (Å²) in [7, 11) is 0. The predicted molar refractivity (Wildman–Crippen MR) is 90.0 cm³/mol. The van der Waals surface area contributed by atoms with Crippen molar-refractivity contribution in [1.29, 1.82) is 0 Å². The van der Waals surface area contributed by atoms with E-state index in [1.54, 1.807) is 12.1 Å². The molecule has 0 radical (unpaired) electrons. The van der Waals surface area contributed by atoms with Crippen LogP contribution < -0.4 is 0 Å². The molecule has 0 aliphatic heterocycles. The summed E-state index contributed by atoms with van der Waals surface area (Å²) >= 11 is 0. The van der Waals surface area contributed by atoms with Crippen molar-refractivity contribution in [2.75, 3.05) is 0 Å². The first-order chi connectivity index (χ1) is 10.7. The molecule has 0 atom stereocenters. The number of benzene rings is 3. The molecule has 0 aliphatic carbocycles. The lowest BCUT2D eigenvalue weighted by atomic mass is 9.93. The zero-order valence-corrected chi connectivity index (χ0v) is 12.5. The fourth-order valence-corrected chi connectivity index (χ4v) is 2.74. The van der Waals surface area contributed by atoms with E-state index in [0.717, 1.165) is 34.2 Å². The lowest BCUT2D eigenvalue weighted by Gasteiger charge is -2.13. The number of hydrogen-bond acceptors (Lipinski definition) is 2. The molecule has 0 unspecified atom stereocenters. The summed E-state index contributed by atoms with van der Waals surface area (Å²) in [6.45, 7) is 2.09. The fourth-order valence-electron chi connectivity index (χ4n) is 2.74. The number of aromatic hydroxyl groups is 2. The van der Waals surface area contributed by atoms with Gasteiger partial charge in [-0.2, -0.15) is 0 Å². The van der Waals surface area contributed by atoms with Crippen LogP contribution in [0.1, 0.15) is 12.5 Å². The van der Waals surface area contributed by atoms with Crippen LogP contribution in [0.5, 0.6) is 11.5 Å². The Kier molecular flexibility index (Phi) is 3.84. The van der Waals surface area contributed by atoms with Gasteiger partial charge in [0.15, 0.2) is 0 Å². The zero-order valence-electron chi connectivity index (χ0n) is 12.5. The topological polar surface area (TPSA) is 40.5 Å². The molecule has 0 fully saturated rings. The number of hydrogen-bond donors (Lipinski definition) is 2. The van der Waals surface area contributed by atoms with Gasteiger partial charge in [0.2, 0.25) is 0 Å². The summed E-state index contributed by atoms with van der Waals surface area (Å²) in [4.78, 5) is 0. The van der Waals surface area contributed by atoms with Crippen LogP contribution >= 0.6 is 0 Å². The third-order valence-corrected chi connectivity index (χ3v) is 3.90. The maximum Gasteiger partial charge on any atom is 0.123 e. The molecule has 0 amide bonds. The van der Waals surface area contributed by atoms with Gasteiger partial charge in [0.1, 0.15) is 11.5 Å². The highest BCUT2D eigenvalue weighted by Gasteiger charge is 2.11. The van der Waals surface area contributed by atoms with Gasteiger partial charge in [0.05, 0.1) is 0 Å². The van der Waals surface area contributed by atoms with Crippen LogP contribution in [-0.4, -0.2) is 10.2 Å². The summed E-state index contributed by atoms with van der Waals surface area (Å²) < 4.78 is 0. The van der Waals surface area contributed by atoms with Gasteiger partial charge < -0.3 is 10.2 Å². The number of phenols is 2. The normalized spacial score (nSPS) is 10.6. The third-order valence-electron chi connectivity index (χ3n) is 3.90. The van der Waals surface area contributed by atoms with E-state index in [2.05, 4.69) is 13.0 Å². The van der Waals surface area contributed by atoms with Crippen LogP contribution in [0, 0.1) is 0 Å². The van der Waals surface area contributed by atoms with Crippen molar-refractivity contribution in [2.45, 2.75) is 13.3 Å². The summed E-state index contributed by atoms with van der Waals surface area (Å²) in [6.07, 6.45) is 0.852. The van der Waals surface area contributed by atoms with Gasteiger partial charge in [-0.25, -0.2) is 0 Å². The Balaban J connectivity index is 2.13. The molecule has 0 saturated carbocycles. The Bertz CT molecular complexity index is 806. The third kappa shape index (κ3) is 2.56. The van der Waals surface area contributed by atoms with Crippen molar-refractivity contribution in [3.63, 3.8) is 0 Å². The zero-order chi connectivity index (χ0) is 15.5. The SMILES string of the molecule is CCc1cc(-c2ccccc2O)ccc1-c1ccccc1O. The van der Waals surface area contributed by atoms with E-state index in [0.29, 0.717) is 0 Å². The number of para-hydroxylation sites is 2. The molecule has 0 aliphatic rings. The van der Waals surface area contributed by atoms with E-state index in [1.165, 1.54) is 0 Å². The Labute approximate surface area is 130 Å². The number of phenolic OH excluding ortho intramolecular Hbond substituents is 2. The molecule has 2 heteroatoms. The van der Waals surface area contributed by atoms with Crippen LogP contribution in [0.4, 0.5) is 0 Å². The Hall–Kier alpha value is -2.74. The molecule has 0 bridgehead atoms. The van der Waals surface area contributed by atoms with Crippen LogP contribution in [0.25, 0.3) is 22.3 Å². The lowest BCUT2D eigenvalue weighted by molar-refractivity contribution is 0.476. The van der Waals surface area contributed by atoms with Gasteiger partial charge >= 0.3 is 0 Å². The minimum atomic E-state index is 0.278. The summed E-state index contributed by atoms with van der Waals surface area (Å²) in [5.41, 5.74) is 4.81. The van der Waals surface area contributed by atoms with E-state index in [-0.39, 0.29) is 11.5 Å². The molecule has 0 aromatic heterocycles. The maximum absolute atomic E-state index is 10.1. The second kappa shape index (κ2) is 5.94. The minimum absolute atomic E-state index is 0.278. The Morgan fingerprint density at radius 3 is 1.86 bits per heavy atom. The molecular weight excluding hydrogens is 272 g/mol. The molecule has 3 aromatic carbocycles. The van der Waals surface area contributed by atoms with Crippen molar-refractivity contribution in [3.05, 3.63) is 72.3 Å². The molecule has 110 valence electrons. The predicted octanol–water partition coefficient (Wildman–Crippen LogP) is 4.99. The molecular formula is C20H18O2. The monoisotopic (exact) mass is 290 g/mol. The summed E-state index contributed by atoms with van der Waals surface area (Å²) in [5.74, 6) is 0.562. The van der Waals surface area contributed by atoms with Crippen molar-refractivity contribution < 1.29 is 10.2 Å². The van der Waals surface area contributed by atoms with Crippen LogP contribution in [0.15, 0.2) is 66.7 Å².